The molecule has 1 amide bonds. The van der Waals surface area contributed by atoms with Crippen molar-refractivity contribution in [2.75, 3.05) is 18.1 Å². The van der Waals surface area contributed by atoms with Crippen LogP contribution in [0.2, 0.25) is 5.02 Å². The summed E-state index contributed by atoms with van der Waals surface area (Å²) in [5.41, 5.74) is 3.55. The number of amides is 1. The number of rotatable bonds is 8. The fraction of sp³-hybridized carbons (Fsp3) is 0.240. The normalized spacial score (nSPS) is 11.4. The third-order valence-electron chi connectivity index (χ3n) is 5.12. The van der Waals surface area contributed by atoms with Gasteiger partial charge in [0.25, 0.3) is 5.91 Å². The first-order chi connectivity index (χ1) is 16.0. The zero-order valence-corrected chi connectivity index (χ0v) is 20.4. The van der Waals surface area contributed by atoms with Crippen LogP contribution in [-0.2, 0) is 11.3 Å². The zero-order chi connectivity index (χ0) is 23.4. The second kappa shape index (κ2) is 10.2. The lowest BCUT2D eigenvalue weighted by Crippen LogP contribution is -2.33. The van der Waals surface area contributed by atoms with Crippen molar-refractivity contribution in [1.82, 2.24) is 14.8 Å². The number of fused-ring (bicyclic) bond motifs is 1. The Hall–Kier alpha value is -3.16. The molecule has 0 saturated heterocycles. The van der Waals surface area contributed by atoms with Crippen molar-refractivity contribution in [3.8, 4) is 5.75 Å². The zero-order valence-electron chi connectivity index (χ0n) is 18.8. The predicted molar refractivity (Wildman–Crippen MR) is 135 cm³/mol. The molecule has 0 spiro atoms. The number of benzene rings is 2. The minimum absolute atomic E-state index is 0.173. The topological polar surface area (TPSA) is 60.2 Å². The standard InChI is InChI=1S/C25H25ClN4O2S/c1-4-32-21-10-7-11-22-24(21)27-25(33-22)29(14-15-30-18(3)16-17(2)28-30)23(31)13-12-19-8-5-6-9-20(19)26/h5-13,16H,4,14-15H2,1-3H3. The molecule has 0 atom stereocenters. The highest BCUT2D eigenvalue weighted by Gasteiger charge is 2.20. The number of para-hydroxylation sites is 1. The Bertz CT molecular complexity index is 1310. The molecule has 0 aliphatic rings. The number of anilines is 1. The van der Waals surface area contributed by atoms with Gasteiger partial charge < -0.3 is 4.74 Å². The van der Waals surface area contributed by atoms with Crippen molar-refractivity contribution in [3.63, 3.8) is 0 Å². The van der Waals surface area contributed by atoms with E-state index < -0.39 is 0 Å². The van der Waals surface area contributed by atoms with Crippen LogP contribution in [0.25, 0.3) is 16.3 Å². The van der Waals surface area contributed by atoms with Crippen molar-refractivity contribution < 1.29 is 9.53 Å². The fourth-order valence-corrected chi connectivity index (χ4v) is 4.77. The van der Waals surface area contributed by atoms with Gasteiger partial charge in [-0.1, -0.05) is 47.2 Å². The molecule has 33 heavy (non-hydrogen) atoms. The van der Waals surface area contributed by atoms with E-state index in [1.807, 2.05) is 67.9 Å². The largest absolute Gasteiger partial charge is 0.492 e. The highest BCUT2D eigenvalue weighted by atomic mass is 35.5. The van der Waals surface area contributed by atoms with Crippen molar-refractivity contribution in [3.05, 3.63) is 76.6 Å². The molecule has 2 aromatic carbocycles. The minimum Gasteiger partial charge on any atom is -0.492 e. The summed E-state index contributed by atoms with van der Waals surface area (Å²) in [4.78, 5) is 19.8. The molecule has 2 heterocycles. The molecule has 0 N–H and O–H groups in total. The molecule has 4 rings (SSSR count). The van der Waals surface area contributed by atoms with Gasteiger partial charge in [-0.15, -0.1) is 0 Å². The molecular weight excluding hydrogens is 456 g/mol. The van der Waals surface area contributed by atoms with Gasteiger partial charge in [0.05, 0.1) is 23.5 Å². The third kappa shape index (κ3) is 5.26. The molecule has 0 bridgehead atoms. The lowest BCUT2D eigenvalue weighted by atomic mass is 10.2. The van der Waals surface area contributed by atoms with Gasteiger partial charge in [-0.2, -0.15) is 5.10 Å². The summed E-state index contributed by atoms with van der Waals surface area (Å²) in [6, 6.07) is 15.3. The number of carbonyl (C=O) groups is 1. The number of aryl methyl sites for hydroxylation is 2. The minimum atomic E-state index is -0.173. The molecule has 0 radical (unpaired) electrons. The van der Waals surface area contributed by atoms with Crippen molar-refractivity contribution in [1.29, 1.82) is 0 Å². The molecule has 0 aliphatic carbocycles. The second-order valence-corrected chi connectivity index (χ2v) is 8.94. The molecular formula is C25H25ClN4O2S. The molecule has 8 heteroatoms. The average molecular weight is 481 g/mol. The van der Waals surface area contributed by atoms with E-state index in [0.29, 0.717) is 29.9 Å². The Kier molecular flexibility index (Phi) is 7.11. The first kappa shape index (κ1) is 23.0. The van der Waals surface area contributed by atoms with E-state index in [2.05, 4.69) is 5.10 Å². The molecule has 0 saturated carbocycles. The van der Waals surface area contributed by atoms with Gasteiger partial charge in [-0.3, -0.25) is 14.4 Å². The molecule has 170 valence electrons. The first-order valence-electron chi connectivity index (χ1n) is 10.7. The monoisotopic (exact) mass is 480 g/mol. The Morgan fingerprint density at radius 1 is 1.21 bits per heavy atom. The van der Waals surface area contributed by atoms with Crippen LogP contribution in [0, 0.1) is 13.8 Å². The van der Waals surface area contributed by atoms with Crippen LogP contribution in [0.3, 0.4) is 0 Å². The van der Waals surface area contributed by atoms with Crippen LogP contribution in [-0.4, -0.2) is 33.8 Å². The average Bonchev–Trinajstić information content (AvgIpc) is 3.36. The van der Waals surface area contributed by atoms with E-state index in [-0.39, 0.29) is 5.91 Å². The number of hydrogen-bond acceptors (Lipinski definition) is 5. The first-order valence-corrected chi connectivity index (χ1v) is 11.9. The van der Waals surface area contributed by atoms with Gasteiger partial charge in [0, 0.05) is 23.3 Å². The number of hydrogen-bond donors (Lipinski definition) is 0. The smallest absolute Gasteiger partial charge is 0.252 e. The molecule has 6 nitrogen and oxygen atoms in total. The maximum absolute atomic E-state index is 13.3. The molecule has 0 fully saturated rings. The van der Waals surface area contributed by atoms with E-state index in [9.17, 15) is 4.79 Å². The number of aromatic nitrogens is 3. The van der Waals surface area contributed by atoms with Gasteiger partial charge >= 0.3 is 0 Å². The highest BCUT2D eigenvalue weighted by Crippen LogP contribution is 2.34. The maximum atomic E-state index is 13.3. The van der Waals surface area contributed by atoms with Gasteiger partial charge in [-0.25, -0.2) is 4.98 Å². The van der Waals surface area contributed by atoms with Crippen molar-refractivity contribution >= 4 is 50.3 Å². The summed E-state index contributed by atoms with van der Waals surface area (Å²) in [6.07, 6.45) is 3.28. The summed E-state index contributed by atoms with van der Waals surface area (Å²) >= 11 is 7.72. The van der Waals surface area contributed by atoms with Crippen LogP contribution >= 0.6 is 22.9 Å². The number of carbonyl (C=O) groups excluding carboxylic acids is 1. The SMILES string of the molecule is CCOc1cccc2sc(N(CCn3nc(C)cc3C)C(=O)C=Cc3ccccc3Cl)nc12. The number of halogens is 1. The molecule has 0 unspecified atom stereocenters. The molecule has 4 aromatic rings. The second-order valence-electron chi connectivity index (χ2n) is 7.53. The quantitative estimate of drug-likeness (QED) is 0.294. The van der Waals surface area contributed by atoms with Crippen molar-refractivity contribution in [2.45, 2.75) is 27.3 Å². The molecule has 2 aromatic heterocycles. The Balaban J connectivity index is 1.67. The van der Waals surface area contributed by atoms with Crippen LogP contribution < -0.4 is 9.64 Å². The van der Waals surface area contributed by atoms with Gasteiger partial charge in [0.1, 0.15) is 11.3 Å². The summed E-state index contributed by atoms with van der Waals surface area (Å²) in [5.74, 6) is 0.545. The van der Waals surface area contributed by atoms with E-state index in [0.717, 1.165) is 32.9 Å². The molecule has 0 aliphatic heterocycles. The third-order valence-corrected chi connectivity index (χ3v) is 6.50. The number of ether oxygens (including phenoxy) is 1. The Labute approximate surface area is 202 Å². The van der Waals surface area contributed by atoms with Gasteiger partial charge in [-0.05, 0) is 56.7 Å². The Morgan fingerprint density at radius 3 is 2.76 bits per heavy atom. The van der Waals surface area contributed by atoms with Gasteiger partial charge in [0.15, 0.2) is 5.13 Å². The van der Waals surface area contributed by atoms with Crippen LogP contribution in [0.1, 0.15) is 23.9 Å². The highest BCUT2D eigenvalue weighted by molar-refractivity contribution is 7.22. The maximum Gasteiger partial charge on any atom is 0.252 e. The lowest BCUT2D eigenvalue weighted by Gasteiger charge is -2.18. The van der Waals surface area contributed by atoms with E-state index in [1.165, 1.54) is 17.4 Å². The van der Waals surface area contributed by atoms with E-state index >= 15 is 0 Å². The fourth-order valence-electron chi connectivity index (χ4n) is 3.56. The van der Waals surface area contributed by atoms with Crippen LogP contribution in [0.5, 0.6) is 5.75 Å². The van der Waals surface area contributed by atoms with Crippen molar-refractivity contribution in [2.24, 2.45) is 0 Å². The summed E-state index contributed by atoms with van der Waals surface area (Å²) < 4.78 is 8.61. The predicted octanol–water partition coefficient (Wildman–Crippen LogP) is 5.91. The van der Waals surface area contributed by atoms with Gasteiger partial charge in [0.2, 0.25) is 0 Å². The van der Waals surface area contributed by atoms with Crippen LogP contribution in [0.4, 0.5) is 5.13 Å². The van der Waals surface area contributed by atoms with E-state index in [1.54, 1.807) is 17.0 Å². The number of nitrogens with zero attached hydrogens (tertiary/aromatic N) is 4. The van der Waals surface area contributed by atoms with Crippen LogP contribution in [0.15, 0.2) is 54.6 Å². The summed E-state index contributed by atoms with van der Waals surface area (Å²) in [5, 5.41) is 5.74. The Morgan fingerprint density at radius 2 is 2.03 bits per heavy atom. The van der Waals surface area contributed by atoms with E-state index in [4.69, 9.17) is 21.3 Å². The summed E-state index contributed by atoms with van der Waals surface area (Å²) in [6.45, 7) is 7.44. The number of thiazole rings is 1. The lowest BCUT2D eigenvalue weighted by molar-refractivity contribution is -0.114. The summed E-state index contributed by atoms with van der Waals surface area (Å²) in [7, 11) is 0.